The van der Waals surface area contributed by atoms with Gasteiger partial charge in [-0.1, -0.05) is 38.1 Å². The molecule has 3 N–H and O–H groups in total. The maximum Gasteiger partial charge on any atom is 0.260 e. The molecule has 112 valence electrons. The van der Waals surface area contributed by atoms with E-state index in [2.05, 4.69) is 15.5 Å². The summed E-state index contributed by atoms with van der Waals surface area (Å²) >= 11 is 0. The Hall–Kier alpha value is -2.21. The summed E-state index contributed by atoms with van der Waals surface area (Å²) in [5.41, 5.74) is 6.93. The van der Waals surface area contributed by atoms with Gasteiger partial charge in [-0.2, -0.15) is 4.98 Å². The van der Waals surface area contributed by atoms with E-state index in [1.807, 2.05) is 39.0 Å². The molecule has 0 aliphatic carbocycles. The number of hydrogen-bond donors (Lipinski definition) is 2. The van der Waals surface area contributed by atoms with Crippen LogP contribution in [0.25, 0.3) is 11.5 Å². The Bertz CT molecular complexity index is 643. The fourth-order valence-corrected chi connectivity index (χ4v) is 1.79. The molecular formula is C15H20N4O2. The molecule has 21 heavy (non-hydrogen) atoms. The summed E-state index contributed by atoms with van der Waals surface area (Å²) in [6.45, 7) is 7.50. The molecule has 1 aromatic carbocycles. The third kappa shape index (κ3) is 3.46. The first-order chi connectivity index (χ1) is 9.79. The second-order valence-corrected chi connectivity index (χ2v) is 6.03. The Morgan fingerprint density at radius 1 is 1.33 bits per heavy atom. The van der Waals surface area contributed by atoms with E-state index in [0.29, 0.717) is 23.0 Å². The third-order valence-electron chi connectivity index (χ3n) is 3.16. The zero-order chi connectivity index (χ0) is 15.6. The molecule has 0 aliphatic rings. The van der Waals surface area contributed by atoms with Crippen molar-refractivity contribution < 1.29 is 9.32 Å². The van der Waals surface area contributed by atoms with Crippen molar-refractivity contribution in [3.05, 3.63) is 30.1 Å². The number of aromatic nitrogens is 2. The lowest BCUT2D eigenvalue weighted by Gasteiger charge is -2.26. The van der Waals surface area contributed by atoms with Gasteiger partial charge in [0.1, 0.15) is 0 Å². The highest BCUT2D eigenvalue weighted by Gasteiger charge is 2.28. The van der Waals surface area contributed by atoms with Gasteiger partial charge in [-0.3, -0.25) is 4.79 Å². The van der Waals surface area contributed by atoms with E-state index >= 15 is 0 Å². The number of para-hydroxylation sites is 1. The number of rotatable bonds is 3. The predicted octanol–water partition coefficient (Wildman–Crippen LogP) is 2.36. The van der Waals surface area contributed by atoms with Crippen LogP contribution in [-0.2, 0) is 4.79 Å². The van der Waals surface area contributed by atoms with Crippen molar-refractivity contribution in [3.63, 3.8) is 0 Å². The number of carbonyl (C=O) groups is 1. The molecule has 6 nitrogen and oxygen atoms in total. The molecule has 0 saturated heterocycles. The van der Waals surface area contributed by atoms with Gasteiger partial charge in [-0.25, -0.2) is 0 Å². The number of benzene rings is 1. The molecule has 0 radical (unpaired) electrons. The summed E-state index contributed by atoms with van der Waals surface area (Å²) in [5, 5.41) is 6.60. The second kappa shape index (κ2) is 5.65. The summed E-state index contributed by atoms with van der Waals surface area (Å²) in [7, 11) is 0. The largest absolute Gasteiger partial charge is 0.334 e. The predicted molar refractivity (Wildman–Crippen MR) is 80.5 cm³/mol. The van der Waals surface area contributed by atoms with E-state index in [-0.39, 0.29) is 11.3 Å². The van der Waals surface area contributed by atoms with Crippen LogP contribution in [0.15, 0.2) is 28.8 Å². The quantitative estimate of drug-likeness (QED) is 0.904. The van der Waals surface area contributed by atoms with Crippen LogP contribution < -0.4 is 11.1 Å². The van der Waals surface area contributed by atoms with Gasteiger partial charge >= 0.3 is 0 Å². The summed E-state index contributed by atoms with van der Waals surface area (Å²) in [6.07, 6.45) is 0. The van der Waals surface area contributed by atoms with Crippen molar-refractivity contribution >= 4 is 11.6 Å². The van der Waals surface area contributed by atoms with Gasteiger partial charge in [-0.15, -0.1) is 0 Å². The molecule has 0 bridgehead atoms. The highest BCUT2D eigenvalue weighted by Crippen LogP contribution is 2.27. The molecule has 6 heteroatoms. The molecule has 1 amide bonds. The average molecular weight is 288 g/mol. The van der Waals surface area contributed by atoms with Crippen molar-refractivity contribution in [1.29, 1.82) is 0 Å². The highest BCUT2D eigenvalue weighted by molar-refractivity contribution is 5.98. The third-order valence-corrected chi connectivity index (χ3v) is 3.16. The summed E-state index contributed by atoms with van der Waals surface area (Å²) in [6, 6.07) is 6.64. The number of nitrogens with zero attached hydrogens (tertiary/aromatic N) is 2. The Morgan fingerprint density at radius 3 is 2.57 bits per heavy atom. The maximum absolute atomic E-state index is 12.2. The first-order valence-electron chi connectivity index (χ1n) is 6.75. The van der Waals surface area contributed by atoms with E-state index in [0.717, 1.165) is 0 Å². The first kappa shape index (κ1) is 15.2. The Morgan fingerprint density at radius 2 is 2.00 bits per heavy atom. The average Bonchev–Trinajstić information content (AvgIpc) is 2.84. The Balaban J connectivity index is 2.28. The topological polar surface area (TPSA) is 94.0 Å². The smallest absolute Gasteiger partial charge is 0.260 e. The number of nitrogens with one attached hydrogen (secondary N) is 1. The van der Waals surface area contributed by atoms with E-state index in [9.17, 15) is 4.79 Å². The SMILES string of the molecule is Cc1noc(-c2ccccc2NC(=O)[C@@H](N)C(C)(C)C)n1. The lowest BCUT2D eigenvalue weighted by Crippen LogP contribution is -2.45. The summed E-state index contributed by atoms with van der Waals surface area (Å²) < 4.78 is 5.16. The lowest BCUT2D eigenvalue weighted by atomic mass is 9.87. The molecule has 2 aromatic rings. The van der Waals surface area contributed by atoms with Crippen LogP contribution in [0.4, 0.5) is 5.69 Å². The first-order valence-corrected chi connectivity index (χ1v) is 6.75. The minimum absolute atomic E-state index is 0.244. The molecule has 0 saturated carbocycles. The number of amides is 1. The monoisotopic (exact) mass is 288 g/mol. The van der Waals surface area contributed by atoms with Crippen molar-refractivity contribution in [1.82, 2.24) is 10.1 Å². The van der Waals surface area contributed by atoms with Gasteiger partial charge in [0.2, 0.25) is 5.91 Å². The summed E-state index contributed by atoms with van der Waals surface area (Å²) in [4.78, 5) is 16.4. The molecule has 1 aromatic heterocycles. The van der Waals surface area contributed by atoms with Gasteiger partial charge in [0.15, 0.2) is 5.82 Å². The van der Waals surface area contributed by atoms with E-state index in [1.54, 1.807) is 13.0 Å². The van der Waals surface area contributed by atoms with E-state index in [4.69, 9.17) is 10.3 Å². The zero-order valence-corrected chi connectivity index (χ0v) is 12.7. The van der Waals surface area contributed by atoms with Crippen molar-refractivity contribution in [2.75, 3.05) is 5.32 Å². The number of hydrogen-bond acceptors (Lipinski definition) is 5. The number of aryl methyl sites for hydroxylation is 1. The second-order valence-electron chi connectivity index (χ2n) is 6.03. The molecule has 0 unspecified atom stereocenters. The summed E-state index contributed by atoms with van der Waals surface area (Å²) in [5.74, 6) is 0.663. The molecule has 0 aliphatic heterocycles. The number of nitrogens with two attached hydrogens (primary N) is 1. The van der Waals surface area contributed by atoms with Crippen molar-refractivity contribution in [2.45, 2.75) is 33.7 Å². The van der Waals surface area contributed by atoms with E-state index < -0.39 is 6.04 Å². The van der Waals surface area contributed by atoms with Crippen molar-refractivity contribution in [2.24, 2.45) is 11.1 Å². The molecule has 1 atom stereocenters. The number of anilines is 1. The van der Waals surface area contributed by atoms with Gasteiger partial charge in [0.05, 0.1) is 17.3 Å². The van der Waals surface area contributed by atoms with E-state index in [1.165, 1.54) is 0 Å². The lowest BCUT2D eigenvalue weighted by molar-refractivity contribution is -0.119. The number of carbonyl (C=O) groups excluding carboxylic acids is 1. The minimum atomic E-state index is -0.616. The maximum atomic E-state index is 12.2. The van der Waals surface area contributed by atoms with Crippen LogP contribution in [0.2, 0.25) is 0 Å². The highest BCUT2D eigenvalue weighted by atomic mass is 16.5. The normalized spacial score (nSPS) is 13.0. The molecule has 0 fully saturated rings. The van der Waals surface area contributed by atoms with Gasteiger partial charge in [0.25, 0.3) is 5.89 Å². The van der Waals surface area contributed by atoms with Crippen LogP contribution in [-0.4, -0.2) is 22.1 Å². The Kier molecular flexibility index (Phi) is 4.09. The fourth-order valence-electron chi connectivity index (χ4n) is 1.79. The van der Waals surface area contributed by atoms with Gasteiger partial charge in [-0.05, 0) is 24.5 Å². The molecular weight excluding hydrogens is 268 g/mol. The fraction of sp³-hybridized carbons (Fsp3) is 0.400. The van der Waals surface area contributed by atoms with Crippen LogP contribution in [0, 0.1) is 12.3 Å². The van der Waals surface area contributed by atoms with Crippen LogP contribution >= 0.6 is 0 Å². The standard InChI is InChI=1S/C15H20N4O2/c1-9-17-14(21-19-9)10-7-5-6-8-11(10)18-13(20)12(16)15(2,3)4/h5-8,12H,16H2,1-4H3,(H,18,20)/t12-/m1/s1. The minimum Gasteiger partial charge on any atom is -0.334 e. The Labute approximate surface area is 123 Å². The van der Waals surface area contributed by atoms with Crippen LogP contribution in [0.1, 0.15) is 26.6 Å². The molecule has 1 heterocycles. The van der Waals surface area contributed by atoms with Crippen LogP contribution in [0.3, 0.4) is 0 Å². The van der Waals surface area contributed by atoms with Gasteiger partial charge in [0, 0.05) is 0 Å². The van der Waals surface area contributed by atoms with Gasteiger partial charge < -0.3 is 15.6 Å². The van der Waals surface area contributed by atoms with Crippen molar-refractivity contribution in [3.8, 4) is 11.5 Å². The zero-order valence-electron chi connectivity index (χ0n) is 12.7. The molecule has 0 spiro atoms. The molecule has 2 rings (SSSR count). The van der Waals surface area contributed by atoms with Crippen LogP contribution in [0.5, 0.6) is 0 Å².